The Bertz CT molecular complexity index is 908. The molecule has 4 heteroatoms. The third kappa shape index (κ3) is 3.27. The van der Waals surface area contributed by atoms with Gasteiger partial charge in [-0.3, -0.25) is 9.78 Å². The lowest BCUT2D eigenvalue weighted by Crippen LogP contribution is -2.29. The maximum atomic E-state index is 13.1. The highest BCUT2D eigenvalue weighted by atomic mass is 16.2. The smallest absolute Gasteiger partial charge is 0.270 e. The molecule has 1 aliphatic rings. The van der Waals surface area contributed by atoms with Crippen LogP contribution >= 0.6 is 0 Å². The molecule has 2 aromatic heterocycles. The second-order valence-corrected chi connectivity index (χ2v) is 6.90. The minimum atomic E-state index is 0.136. The average molecular weight is 345 g/mol. The summed E-state index contributed by atoms with van der Waals surface area (Å²) >= 11 is 0. The number of benzene rings is 1. The number of aromatic nitrogens is 2. The van der Waals surface area contributed by atoms with Crippen molar-refractivity contribution in [3.8, 4) is 11.1 Å². The highest BCUT2D eigenvalue weighted by Gasteiger charge is 2.23. The number of nitrogens with zero attached hydrogens (tertiary/aromatic N) is 3. The lowest BCUT2D eigenvalue weighted by Gasteiger charge is -2.17. The quantitative estimate of drug-likeness (QED) is 0.713. The van der Waals surface area contributed by atoms with E-state index in [4.69, 9.17) is 0 Å². The van der Waals surface area contributed by atoms with Gasteiger partial charge in [-0.05, 0) is 54.7 Å². The van der Waals surface area contributed by atoms with Crippen LogP contribution < -0.4 is 0 Å². The molecule has 1 amide bonds. The van der Waals surface area contributed by atoms with Gasteiger partial charge < -0.3 is 9.47 Å². The first-order valence-corrected chi connectivity index (χ1v) is 9.17. The van der Waals surface area contributed by atoms with E-state index in [0.717, 1.165) is 42.8 Å². The number of carbonyl (C=O) groups is 1. The standard InChI is InChI=1S/C22H23N3O/c1-17-6-2-3-7-19(17)15-25-16-20(18-8-10-23-11-9-18)14-21(25)22(26)24-12-4-5-13-24/h2-3,6-11,14,16H,4-5,12-13,15H2,1H3. The average Bonchev–Trinajstić information content (AvgIpc) is 3.34. The van der Waals surface area contributed by atoms with Crippen molar-refractivity contribution in [2.75, 3.05) is 13.1 Å². The number of amides is 1. The minimum Gasteiger partial charge on any atom is -0.338 e. The van der Waals surface area contributed by atoms with Gasteiger partial charge in [-0.1, -0.05) is 24.3 Å². The number of aryl methyl sites for hydroxylation is 1. The van der Waals surface area contributed by atoms with E-state index in [0.29, 0.717) is 6.54 Å². The Labute approximate surface area is 154 Å². The number of rotatable bonds is 4. The fourth-order valence-corrected chi connectivity index (χ4v) is 3.58. The Morgan fingerprint density at radius 3 is 2.50 bits per heavy atom. The van der Waals surface area contributed by atoms with Crippen molar-refractivity contribution < 1.29 is 4.79 Å². The highest BCUT2D eigenvalue weighted by molar-refractivity contribution is 5.94. The van der Waals surface area contributed by atoms with E-state index in [-0.39, 0.29) is 5.91 Å². The minimum absolute atomic E-state index is 0.136. The molecule has 1 fully saturated rings. The van der Waals surface area contributed by atoms with Crippen molar-refractivity contribution in [3.05, 3.63) is 77.9 Å². The first kappa shape index (κ1) is 16.6. The summed E-state index contributed by atoms with van der Waals surface area (Å²) in [7, 11) is 0. The molecule has 0 N–H and O–H groups in total. The van der Waals surface area contributed by atoms with Crippen LogP contribution in [0.15, 0.2) is 61.1 Å². The zero-order chi connectivity index (χ0) is 17.9. The third-order valence-corrected chi connectivity index (χ3v) is 5.12. The highest BCUT2D eigenvalue weighted by Crippen LogP contribution is 2.25. The van der Waals surface area contributed by atoms with Crippen molar-refractivity contribution in [3.63, 3.8) is 0 Å². The topological polar surface area (TPSA) is 38.1 Å². The van der Waals surface area contributed by atoms with E-state index in [1.807, 2.05) is 29.2 Å². The van der Waals surface area contributed by atoms with Crippen LogP contribution in [0.25, 0.3) is 11.1 Å². The summed E-state index contributed by atoms with van der Waals surface area (Å²) in [5.74, 6) is 0.136. The zero-order valence-corrected chi connectivity index (χ0v) is 15.1. The van der Waals surface area contributed by atoms with Gasteiger partial charge in [0.25, 0.3) is 5.91 Å². The van der Waals surface area contributed by atoms with E-state index in [1.54, 1.807) is 12.4 Å². The van der Waals surface area contributed by atoms with Crippen LogP contribution in [0.3, 0.4) is 0 Å². The van der Waals surface area contributed by atoms with Gasteiger partial charge in [0.2, 0.25) is 0 Å². The molecule has 0 aliphatic carbocycles. The molecule has 0 spiro atoms. The van der Waals surface area contributed by atoms with Gasteiger partial charge in [0.1, 0.15) is 5.69 Å². The zero-order valence-electron chi connectivity index (χ0n) is 15.1. The Hall–Kier alpha value is -2.88. The monoisotopic (exact) mass is 345 g/mol. The Morgan fingerprint density at radius 1 is 1.04 bits per heavy atom. The summed E-state index contributed by atoms with van der Waals surface area (Å²) in [4.78, 5) is 19.1. The fraction of sp³-hybridized carbons (Fsp3) is 0.273. The fourth-order valence-electron chi connectivity index (χ4n) is 3.58. The maximum Gasteiger partial charge on any atom is 0.270 e. The van der Waals surface area contributed by atoms with Crippen molar-refractivity contribution in [2.45, 2.75) is 26.3 Å². The van der Waals surface area contributed by atoms with E-state index in [2.05, 4.69) is 40.9 Å². The number of hydrogen-bond acceptors (Lipinski definition) is 2. The Morgan fingerprint density at radius 2 is 1.77 bits per heavy atom. The molecular weight excluding hydrogens is 322 g/mol. The summed E-state index contributed by atoms with van der Waals surface area (Å²) in [5.41, 5.74) is 5.38. The predicted octanol–water partition coefficient (Wildman–Crippen LogP) is 4.14. The second kappa shape index (κ2) is 7.16. The van der Waals surface area contributed by atoms with Crippen LogP contribution in [0, 0.1) is 6.92 Å². The number of carbonyl (C=O) groups excluding carboxylic acids is 1. The summed E-state index contributed by atoms with van der Waals surface area (Å²) in [5, 5.41) is 0. The molecule has 26 heavy (non-hydrogen) atoms. The van der Waals surface area contributed by atoms with Gasteiger partial charge in [-0.2, -0.15) is 0 Å². The number of hydrogen-bond donors (Lipinski definition) is 0. The van der Waals surface area contributed by atoms with Gasteiger partial charge in [0.15, 0.2) is 0 Å². The summed E-state index contributed by atoms with van der Waals surface area (Å²) in [6, 6.07) is 14.3. The predicted molar refractivity (Wildman–Crippen MR) is 103 cm³/mol. The molecule has 3 heterocycles. The van der Waals surface area contributed by atoms with Crippen LogP contribution in [-0.2, 0) is 6.54 Å². The summed E-state index contributed by atoms with van der Waals surface area (Å²) in [6.07, 6.45) is 7.86. The normalized spacial score (nSPS) is 14.0. The molecule has 4 rings (SSSR count). The molecule has 4 nitrogen and oxygen atoms in total. The second-order valence-electron chi connectivity index (χ2n) is 6.90. The van der Waals surface area contributed by atoms with Crippen LogP contribution in [0.4, 0.5) is 0 Å². The Balaban J connectivity index is 1.73. The SMILES string of the molecule is Cc1ccccc1Cn1cc(-c2ccncc2)cc1C(=O)N1CCCC1. The van der Waals surface area contributed by atoms with Gasteiger partial charge in [0.05, 0.1) is 0 Å². The largest absolute Gasteiger partial charge is 0.338 e. The maximum absolute atomic E-state index is 13.1. The Kier molecular flexibility index (Phi) is 4.57. The van der Waals surface area contributed by atoms with Crippen molar-refractivity contribution in [1.82, 2.24) is 14.5 Å². The molecule has 0 atom stereocenters. The van der Waals surface area contributed by atoms with Crippen molar-refractivity contribution >= 4 is 5.91 Å². The molecule has 1 aliphatic heterocycles. The van der Waals surface area contributed by atoms with Gasteiger partial charge in [0, 0.05) is 43.8 Å². The number of pyridine rings is 1. The molecule has 3 aromatic rings. The molecule has 0 radical (unpaired) electrons. The van der Waals surface area contributed by atoms with Gasteiger partial charge in [-0.15, -0.1) is 0 Å². The molecule has 0 unspecified atom stereocenters. The molecule has 0 bridgehead atoms. The van der Waals surface area contributed by atoms with Crippen LogP contribution in [-0.4, -0.2) is 33.4 Å². The third-order valence-electron chi connectivity index (χ3n) is 5.12. The molecule has 132 valence electrons. The lowest BCUT2D eigenvalue weighted by atomic mass is 10.1. The lowest BCUT2D eigenvalue weighted by molar-refractivity contribution is 0.0782. The van der Waals surface area contributed by atoms with E-state index in [1.165, 1.54) is 11.1 Å². The van der Waals surface area contributed by atoms with E-state index < -0.39 is 0 Å². The molecular formula is C22H23N3O. The summed E-state index contributed by atoms with van der Waals surface area (Å²) < 4.78 is 2.10. The summed E-state index contributed by atoms with van der Waals surface area (Å²) in [6.45, 7) is 4.54. The molecule has 0 saturated carbocycles. The van der Waals surface area contributed by atoms with Crippen molar-refractivity contribution in [1.29, 1.82) is 0 Å². The first-order chi connectivity index (χ1) is 12.7. The van der Waals surface area contributed by atoms with Crippen LogP contribution in [0.5, 0.6) is 0 Å². The van der Waals surface area contributed by atoms with Gasteiger partial charge >= 0.3 is 0 Å². The van der Waals surface area contributed by atoms with E-state index in [9.17, 15) is 4.79 Å². The van der Waals surface area contributed by atoms with Crippen LogP contribution in [0.2, 0.25) is 0 Å². The van der Waals surface area contributed by atoms with Gasteiger partial charge in [-0.25, -0.2) is 0 Å². The molecule has 1 saturated heterocycles. The number of likely N-dealkylation sites (tertiary alicyclic amines) is 1. The molecule has 1 aromatic carbocycles. The van der Waals surface area contributed by atoms with Crippen molar-refractivity contribution in [2.24, 2.45) is 0 Å². The van der Waals surface area contributed by atoms with E-state index >= 15 is 0 Å². The van der Waals surface area contributed by atoms with Crippen LogP contribution in [0.1, 0.15) is 34.5 Å². The first-order valence-electron chi connectivity index (χ1n) is 9.17.